The summed E-state index contributed by atoms with van der Waals surface area (Å²) in [6.45, 7) is 1.90. The fraction of sp³-hybridized carbons (Fsp3) is 0.100. The maximum atomic E-state index is 11.1. The minimum Gasteiger partial charge on any atom is -0.312 e. The van der Waals surface area contributed by atoms with Gasteiger partial charge in [0.2, 0.25) is 0 Å². The third-order valence-corrected chi connectivity index (χ3v) is 3.10. The van der Waals surface area contributed by atoms with Gasteiger partial charge in [0.1, 0.15) is 0 Å². The Morgan fingerprint density at radius 2 is 2.07 bits per heavy atom. The van der Waals surface area contributed by atoms with E-state index in [0.29, 0.717) is 5.02 Å². The largest absolute Gasteiger partial charge is 0.312 e. The van der Waals surface area contributed by atoms with Crippen LogP contribution in [0.1, 0.15) is 4.88 Å². The quantitative estimate of drug-likeness (QED) is 0.795. The summed E-state index contributed by atoms with van der Waals surface area (Å²) in [6.07, 6.45) is 0. The Kier molecular flexibility index (Phi) is 2.44. The van der Waals surface area contributed by atoms with Gasteiger partial charge in [-0.1, -0.05) is 41.1 Å². The first-order valence-electron chi connectivity index (χ1n) is 4.13. The van der Waals surface area contributed by atoms with Crippen LogP contribution in [0.5, 0.6) is 0 Å². The molecule has 2 aromatic rings. The molecule has 0 saturated heterocycles. The molecule has 2 rings (SSSR count). The van der Waals surface area contributed by atoms with Gasteiger partial charge in [0.25, 0.3) is 0 Å². The maximum Gasteiger partial charge on any atom is 0.305 e. The SMILES string of the molecule is Cc1sc(=O)[nH]c1-c1ccccc1Cl. The molecule has 1 heterocycles. The van der Waals surface area contributed by atoms with Gasteiger partial charge in [-0.25, -0.2) is 0 Å². The molecule has 72 valence electrons. The Hall–Kier alpha value is -1.06. The minimum atomic E-state index is -0.0441. The van der Waals surface area contributed by atoms with Crippen molar-refractivity contribution < 1.29 is 0 Å². The number of thiazole rings is 1. The van der Waals surface area contributed by atoms with E-state index in [0.717, 1.165) is 16.1 Å². The summed E-state index contributed by atoms with van der Waals surface area (Å²) < 4.78 is 0. The monoisotopic (exact) mass is 225 g/mol. The molecule has 0 fully saturated rings. The van der Waals surface area contributed by atoms with E-state index in [-0.39, 0.29) is 4.87 Å². The molecule has 0 spiro atoms. The number of rotatable bonds is 1. The van der Waals surface area contributed by atoms with Crippen LogP contribution in [0.2, 0.25) is 5.02 Å². The second-order valence-corrected chi connectivity index (χ2v) is 4.52. The molecular formula is C10H8ClNOS. The Bertz CT molecular complexity index is 515. The van der Waals surface area contributed by atoms with Gasteiger partial charge in [0.15, 0.2) is 0 Å². The highest BCUT2D eigenvalue weighted by molar-refractivity contribution is 7.09. The van der Waals surface area contributed by atoms with Crippen LogP contribution in [0.3, 0.4) is 0 Å². The number of aromatic amines is 1. The van der Waals surface area contributed by atoms with Crippen LogP contribution in [0.25, 0.3) is 11.3 Å². The molecule has 2 nitrogen and oxygen atoms in total. The molecule has 0 bridgehead atoms. The van der Waals surface area contributed by atoms with E-state index in [1.807, 2.05) is 31.2 Å². The standard InChI is InChI=1S/C10H8ClNOS/c1-6-9(12-10(13)14-6)7-4-2-3-5-8(7)11/h2-5H,1H3,(H,12,13). The summed E-state index contributed by atoms with van der Waals surface area (Å²) >= 11 is 7.23. The third kappa shape index (κ3) is 1.61. The van der Waals surface area contributed by atoms with Crippen molar-refractivity contribution in [3.8, 4) is 11.3 Å². The molecule has 0 unspecified atom stereocenters. The molecule has 1 aromatic heterocycles. The van der Waals surface area contributed by atoms with E-state index in [1.165, 1.54) is 11.3 Å². The first-order chi connectivity index (χ1) is 6.68. The number of benzene rings is 1. The van der Waals surface area contributed by atoms with Gasteiger partial charge in [-0.3, -0.25) is 4.79 Å². The van der Waals surface area contributed by atoms with E-state index >= 15 is 0 Å². The van der Waals surface area contributed by atoms with Gasteiger partial charge >= 0.3 is 4.87 Å². The minimum absolute atomic E-state index is 0.0441. The van der Waals surface area contributed by atoms with Gasteiger partial charge in [-0.15, -0.1) is 0 Å². The zero-order chi connectivity index (χ0) is 10.1. The lowest BCUT2D eigenvalue weighted by Crippen LogP contribution is -1.92. The Morgan fingerprint density at radius 1 is 1.36 bits per heavy atom. The zero-order valence-electron chi connectivity index (χ0n) is 7.50. The highest BCUT2D eigenvalue weighted by Crippen LogP contribution is 2.28. The van der Waals surface area contributed by atoms with E-state index in [2.05, 4.69) is 4.98 Å². The molecule has 0 radical (unpaired) electrons. The van der Waals surface area contributed by atoms with Crippen molar-refractivity contribution in [3.63, 3.8) is 0 Å². The van der Waals surface area contributed by atoms with Crippen LogP contribution >= 0.6 is 22.9 Å². The second kappa shape index (κ2) is 3.59. The van der Waals surface area contributed by atoms with E-state index < -0.39 is 0 Å². The predicted octanol–water partition coefficient (Wildman–Crippen LogP) is 3.07. The summed E-state index contributed by atoms with van der Waals surface area (Å²) in [6, 6.07) is 7.47. The predicted molar refractivity (Wildman–Crippen MR) is 60.1 cm³/mol. The molecular weight excluding hydrogens is 218 g/mol. The van der Waals surface area contributed by atoms with E-state index in [9.17, 15) is 4.79 Å². The fourth-order valence-corrected chi connectivity index (χ4v) is 2.25. The van der Waals surface area contributed by atoms with Gasteiger partial charge in [-0.2, -0.15) is 0 Å². The number of hydrogen-bond acceptors (Lipinski definition) is 2. The summed E-state index contributed by atoms with van der Waals surface area (Å²) in [7, 11) is 0. The molecule has 0 atom stereocenters. The van der Waals surface area contributed by atoms with Gasteiger partial charge in [-0.05, 0) is 13.0 Å². The van der Waals surface area contributed by atoms with Crippen LogP contribution in [-0.4, -0.2) is 4.98 Å². The summed E-state index contributed by atoms with van der Waals surface area (Å²) in [5.41, 5.74) is 1.70. The van der Waals surface area contributed by atoms with Gasteiger partial charge < -0.3 is 4.98 Å². The van der Waals surface area contributed by atoms with Crippen molar-refractivity contribution in [2.75, 3.05) is 0 Å². The Balaban J connectivity index is 2.66. The van der Waals surface area contributed by atoms with Crippen molar-refractivity contribution in [1.29, 1.82) is 0 Å². The molecule has 4 heteroatoms. The fourth-order valence-electron chi connectivity index (χ4n) is 1.33. The Morgan fingerprint density at radius 3 is 2.64 bits per heavy atom. The number of aryl methyl sites for hydroxylation is 1. The van der Waals surface area contributed by atoms with Crippen molar-refractivity contribution in [2.45, 2.75) is 6.92 Å². The van der Waals surface area contributed by atoms with Crippen molar-refractivity contribution in [3.05, 3.63) is 43.8 Å². The second-order valence-electron chi connectivity index (χ2n) is 2.93. The highest BCUT2D eigenvalue weighted by atomic mass is 35.5. The molecule has 0 aliphatic rings. The van der Waals surface area contributed by atoms with Crippen LogP contribution < -0.4 is 4.87 Å². The number of hydrogen-bond donors (Lipinski definition) is 1. The molecule has 1 N–H and O–H groups in total. The topological polar surface area (TPSA) is 32.9 Å². The van der Waals surface area contributed by atoms with Crippen LogP contribution in [0.4, 0.5) is 0 Å². The number of H-pyrrole nitrogens is 1. The summed E-state index contributed by atoms with van der Waals surface area (Å²) in [4.78, 5) is 14.8. The van der Waals surface area contributed by atoms with Crippen LogP contribution in [-0.2, 0) is 0 Å². The average molecular weight is 226 g/mol. The van der Waals surface area contributed by atoms with E-state index in [1.54, 1.807) is 0 Å². The molecule has 0 aliphatic heterocycles. The first kappa shape index (κ1) is 9.49. The van der Waals surface area contributed by atoms with Crippen molar-refractivity contribution in [2.24, 2.45) is 0 Å². The molecule has 0 aliphatic carbocycles. The number of aromatic nitrogens is 1. The lowest BCUT2D eigenvalue weighted by Gasteiger charge is -2.01. The smallest absolute Gasteiger partial charge is 0.305 e. The van der Waals surface area contributed by atoms with Gasteiger partial charge in [0, 0.05) is 15.5 Å². The third-order valence-electron chi connectivity index (χ3n) is 1.97. The van der Waals surface area contributed by atoms with Crippen LogP contribution in [0.15, 0.2) is 29.1 Å². The molecule has 14 heavy (non-hydrogen) atoms. The highest BCUT2D eigenvalue weighted by Gasteiger charge is 2.08. The lowest BCUT2D eigenvalue weighted by atomic mass is 10.1. The first-order valence-corrected chi connectivity index (χ1v) is 5.32. The maximum absolute atomic E-state index is 11.1. The molecule has 0 amide bonds. The zero-order valence-corrected chi connectivity index (χ0v) is 9.08. The summed E-state index contributed by atoms with van der Waals surface area (Å²) in [5.74, 6) is 0. The van der Waals surface area contributed by atoms with E-state index in [4.69, 9.17) is 11.6 Å². The van der Waals surface area contributed by atoms with Crippen LogP contribution in [0, 0.1) is 6.92 Å². The number of nitrogens with one attached hydrogen (secondary N) is 1. The van der Waals surface area contributed by atoms with Crippen molar-refractivity contribution in [1.82, 2.24) is 4.98 Å². The van der Waals surface area contributed by atoms with Crippen molar-refractivity contribution >= 4 is 22.9 Å². The Labute approximate surface area is 90.2 Å². The normalized spacial score (nSPS) is 10.4. The number of halogens is 1. The average Bonchev–Trinajstić information content (AvgIpc) is 2.46. The molecule has 0 saturated carbocycles. The molecule has 1 aromatic carbocycles. The van der Waals surface area contributed by atoms with Gasteiger partial charge in [0.05, 0.1) is 5.69 Å². The summed E-state index contributed by atoms with van der Waals surface area (Å²) in [5, 5.41) is 0.657. The lowest BCUT2D eigenvalue weighted by molar-refractivity contribution is 1.32.